The maximum atomic E-state index is 12.7. The van der Waals surface area contributed by atoms with Crippen molar-refractivity contribution < 1.29 is 8.42 Å². The molecule has 7 heteroatoms. The first-order valence-corrected chi connectivity index (χ1v) is 8.81. The van der Waals surface area contributed by atoms with Gasteiger partial charge in [0.1, 0.15) is 4.99 Å². The van der Waals surface area contributed by atoms with Crippen LogP contribution in [-0.4, -0.2) is 55.3 Å². The van der Waals surface area contributed by atoms with Crippen molar-refractivity contribution in [3.05, 3.63) is 29.8 Å². The predicted molar refractivity (Wildman–Crippen MR) is 87.8 cm³/mol. The van der Waals surface area contributed by atoms with Gasteiger partial charge in [-0.2, -0.15) is 4.31 Å². The molecule has 2 N–H and O–H groups in total. The fourth-order valence-electron chi connectivity index (χ4n) is 2.52. The van der Waals surface area contributed by atoms with E-state index in [9.17, 15) is 8.42 Å². The molecule has 1 atom stereocenters. The normalized spacial score (nSPS) is 21.3. The second-order valence-corrected chi connectivity index (χ2v) is 7.67. The molecule has 0 bridgehead atoms. The summed E-state index contributed by atoms with van der Waals surface area (Å²) in [6.45, 7) is 3.88. The smallest absolute Gasteiger partial charge is 0.243 e. The summed E-state index contributed by atoms with van der Waals surface area (Å²) >= 11 is 4.88. The van der Waals surface area contributed by atoms with Gasteiger partial charge < -0.3 is 10.6 Å². The van der Waals surface area contributed by atoms with Crippen molar-refractivity contribution in [3.8, 4) is 0 Å². The highest BCUT2D eigenvalue weighted by Crippen LogP contribution is 2.21. The second kappa shape index (κ2) is 6.39. The van der Waals surface area contributed by atoms with Gasteiger partial charge in [0.25, 0.3) is 0 Å². The van der Waals surface area contributed by atoms with Gasteiger partial charge in [-0.05, 0) is 25.6 Å². The number of rotatable bonds is 4. The van der Waals surface area contributed by atoms with Crippen molar-refractivity contribution in [2.24, 2.45) is 5.73 Å². The van der Waals surface area contributed by atoms with Gasteiger partial charge in [-0.15, -0.1) is 0 Å². The lowest BCUT2D eigenvalue weighted by Crippen LogP contribution is -2.52. The molecule has 0 saturated carbocycles. The third-order valence-electron chi connectivity index (χ3n) is 3.99. The summed E-state index contributed by atoms with van der Waals surface area (Å²) in [5.74, 6) is 0. The van der Waals surface area contributed by atoms with E-state index < -0.39 is 10.0 Å². The molecule has 0 spiro atoms. The number of hydrogen-bond acceptors (Lipinski definition) is 4. The van der Waals surface area contributed by atoms with Crippen LogP contribution in [-0.2, 0) is 10.0 Å². The minimum atomic E-state index is -3.45. The zero-order valence-electron chi connectivity index (χ0n) is 12.3. The summed E-state index contributed by atoms with van der Waals surface area (Å²) in [4.78, 5) is 2.77. The highest BCUT2D eigenvalue weighted by Gasteiger charge is 2.31. The van der Waals surface area contributed by atoms with Gasteiger partial charge in [0.2, 0.25) is 10.0 Å². The Hall–Kier alpha value is -1.02. The van der Waals surface area contributed by atoms with Crippen LogP contribution in [0, 0.1) is 0 Å². The minimum absolute atomic E-state index is 0.268. The van der Waals surface area contributed by atoms with Crippen LogP contribution in [0.15, 0.2) is 29.2 Å². The zero-order chi connectivity index (χ0) is 15.6. The molecule has 1 heterocycles. The summed E-state index contributed by atoms with van der Waals surface area (Å²) in [5, 5.41) is 0. The number of hydrogen-bond donors (Lipinski definition) is 1. The van der Waals surface area contributed by atoms with Gasteiger partial charge in [0.15, 0.2) is 0 Å². The molecular weight excluding hydrogens is 306 g/mol. The van der Waals surface area contributed by atoms with E-state index in [2.05, 4.69) is 11.8 Å². The molecule has 116 valence electrons. The molecule has 2 rings (SSSR count). The number of sulfonamides is 1. The molecule has 0 aromatic heterocycles. The molecule has 0 amide bonds. The first-order valence-electron chi connectivity index (χ1n) is 6.96. The largest absolute Gasteiger partial charge is 0.389 e. The molecule has 1 unspecified atom stereocenters. The van der Waals surface area contributed by atoms with Crippen molar-refractivity contribution in [2.45, 2.75) is 24.3 Å². The van der Waals surface area contributed by atoms with E-state index >= 15 is 0 Å². The third kappa shape index (κ3) is 3.42. The third-order valence-corrected chi connectivity index (χ3v) is 6.10. The monoisotopic (exact) mass is 327 g/mol. The lowest BCUT2D eigenvalue weighted by Gasteiger charge is -2.38. The lowest BCUT2D eigenvalue weighted by atomic mass is 10.1. The van der Waals surface area contributed by atoms with Gasteiger partial charge in [0.05, 0.1) is 4.90 Å². The molecule has 1 aliphatic heterocycles. The molecule has 0 aliphatic carbocycles. The molecule has 5 nitrogen and oxygen atoms in total. The molecular formula is C14H21N3O2S2. The zero-order valence-corrected chi connectivity index (χ0v) is 14.0. The van der Waals surface area contributed by atoms with Crippen LogP contribution in [0.5, 0.6) is 0 Å². The maximum Gasteiger partial charge on any atom is 0.243 e. The standard InChI is InChI=1S/C14H21N3O2S2/c1-3-12-10-17(9-8-16(12)2)21(18,19)13-6-4-11(5-7-13)14(15)20/h4-7,12H,3,8-10H2,1-2H3,(H2,15,20). The quantitative estimate of drug-likeness (QED) is 0.837. The molecule has 21 heavy (non-hydrogen) atoms. The van der Waals surface area contributed by atoms with Gasteiger partial charge in [-0.3, -0.25) is 0 Å². The Morgan fingerprint density at radius 2 is 1.95 bits per heavy atom. The van der Waals surface area contributed by atoms with E-state index in [0.29, 0.717) is 23.5 Å². The van der Waals surface area contributed by atoms with E-state index in [0.717, 1.165) is 13.0 Å². The summed E-state index contributed by atoms with van der Waals surface area (Å²) < 4.78 is 26.9. The van der Waals surface area contributed by atoms with Crippen LogP contribution in [0.25, 0.3) is 0 Å². The summed E-state index contributed by atoms with van der Waals surface area (Å²) in [6.07, 6.45) is 0.933. The first kappa shape index (κ1) is 16.4. The summed E-state index contributed by atoms with van der Waals surface area (Å²) in [6, 6.07) is 6.72. The number of benzene rings is 1. The number of thiocarbonyl (C=S) groups is 1. The summed E-state index contributed by atoms with van der Waals surface area (Å²) in [5.41, 5.74) is 6.21. The fourth-order valence-corrected chi connectivity index (χ4v) is 4.12. The maximum absolute atomic E-state index is 12.7. The van der Waals surface area contributed by atoms with E-state index in [1.807, 2.05) is 7.05 Å². The van der Waals surface area contributed by atoms with Crippen molar-refractivity contribution in [1.29, 1.82) is 0 Å². The predicted octanol–water partition coefficient (Wildman–Crippen LogP) is 1.04. The highest BCUT2D eigenvalue weighted by molar-refractivity contribution is 7.89. The van der Waals surface area contributed by atoms with E-state index in [1.54, 1.807) is 28.6 Å². The molecule has 1 aliphatic rings. The van der Waals surface area contributed by atoms with Crippen molar-refractivity contribution in [1.82, 2.24) is 9.21 Å². The van der Waals surface area contributed by atoms with E-state index in [-0.39, 0.29) is 11.0 Å². The Morgan fingerprint density at radius 1 is 1.33 bits per heavy atom. The van der Waals surface area contributed by atoms with Crippen LogP contribution in [0.2, 0.25) is 0 Å². The second-order valence-electron chi connectivity index (χ2n) is 5.29. The van der Waals surface area contributed by atoms with Gasteiger partial charge >= 0.3 is 0 Å². The lowest BCUT2D eigenvalue weighted by molar-refractivity contribution is 0.144. The Bertz CT molecular complexity index is 614. The van der Waals surface area contributed by atoms with Crippen LogP contribution in [0.1, 0.15) is 18.9 Å². The number of nitrogens with zero attached hydrogens (tertiary/aromatic N) is 2. The molecule has 1 aromatic rings. The van der Waals surface area contributed by atoms with Crippen LogP contribution in [0.4, 0.5) is 0 Å². The average Bonchev–Trinajstić information content (AvgIpc) is 2.47. The minimum Gasteiger partial charge on any atom is -0.389 e. The van der Waals surface area contributed by atoms with Crippen LogP contribution in [0.3, 0.4) is 0 Å². The first-order chi connectivity index (χ1) is 9.86. The van der Waals surface area contributed by atoms with Crippen LogP contribution < -0.4 is 5.73 Å². The number of nitrogens with two attached hydrogens (primary N) is 1. The molecule has 1 fully saturated rings. The Labute approximate surface area is 131 Å². The summed E-state index contributed by atoms with van der Waals surface area (Å²) in [7, 11) is -1.41. The molecule has 0 radical (unpaired) electrons. The van der Waals surface area contributed by atoms with Gasteiger partial charge in [0, 0.05) is 31.2 Å². The molecule has 1 aromatic carbocycles. The highest BCUT2D eigenvalue weighted by atomic mass is 32.2. The average molecular weight is 327 g/mol. The number of piperazine rings is 1. The van der Waals surface area contributed by atoms with Gasteiger partial charge in [-0.25, -0.2) is 8.42 Å². The van der Waals surface area contributed by atoms with Crippen molar-refractivity contribution in [2.75, 3.05) is 26.7 Å². The van der Waals surface area contributed by atoms with Gasteiger partial charge in [-0.1, -0.05) is 31.3 Å². The topological polar surface area (TPSA) is 66.6 Å². The Balaban J connectivity index is 2.23. The van der Waals surface area contributed by atoms with Crippen molar-refractivity contribution >= 4 is 27.2 Å². The fraction of sp³-hybridized carbons (Fsp3) is 0.500. The van der Waals surface area contributed by atoms with E-state index in [4.69, 9.17) is 18.0 Å². The van der Waals surface area contributed by atoms with Crippen LogP contribution >= 0.6 is 12.2 Å². The van der Waals surface area contributed by atoms with Crippen molar-refractivity contribution in [3.63, 3.8) is 0 Å². The SMILES string of the molecule is CCC1CN(S(=O)(=O)c2ccc(C(N)=S)cc2)CCN1C. The Kier molecular flexibility index (Phi) is 4.98. The van der Waals surface area contributed by atoms with E-state index in [1.165, 1.54) is 0 Å². The Morgan fingerprint density at radius 3 is 2.48 bits per heavy atom. The number of likely N-dealkylation sites (N-methyl/N-ethyl adjacent to an activating group) is 1. The molecule has 1 saturated heterocycles.